The maximum atomic E-state index is 13.7. The van der Waals surface area contributed by atoms with E-state index in [0.29, 0.717) is 36.6 Å². The number of benzene rings is 3. The van der Waals surface area contributed by atoms with Crippen molar-refractivity contribution >= 4 is 12.0 Å². The SMILES string of the molecule is C[C@@H]1CN(CC[C@H](C(=O)NCc2cc(C(F)(F)F)cc(C(F)(F)F)c2)c2ccc(F)cc2)CC[C@]12C=Cc1ccccc12. The Morgan fingerprint density at radius 2 is 1.63 bits per heavy atom. The first-order valence-electron chi connectivity index (χ1n) is 14.1. The van der Waals surface area contributed by atoms with Gasteiger partial charge in [-0.05, 0) is 84.4 Å². The molecule has 3 atom stereocenters. The molecule has 1 N–H and O–H groups in total. The molecule has 5 rings (SSSR count). The fourth-order valence-electron chi connectivity index (χ4n) is 6.37. The Morgan fingerprint density at radius 3 is 2.26 bits per heavy atom. The number of fused-ring (bicyclic) bond motifs is 2. The number of nitrogens with one attached hydrogen (secondary N) is 1. The lowest BCUT2D eigenvalue weighted by molar-refractivity contribution is -0.143. The molecule has 1 spiro atoms. The first-order chi connectivity index (χ1) is 20.3. The Hall–Kier alpha value is -3.66. The second-order valence-corrected chi connectivity index (χ2v) is 11.4. The van der Waals surface area contributed by atoms with Gasteiger partial charge in [-0.25, -0.2) is 4.39 Å². The number of carbonyl (C=O) groups is 1. The zero-order chi connectivity index (χ0) is 31.0. The van der Waals surface area contributed by atoms with Crippen molar-refractivity contribution in [2.75, 3.05) is 19.6 Å². The summed E-state index contributed by atoms with van der Waals surface area (Å²) in [6.45, 7) is 3.76. The minimum Gasteiger partial charge on any atom is -0.351 e. The molecule has 0 saturated carbocycles. The second kappa shape index (κ2) is 11.8. The van der Waals surface area contributed by atoms with Gasteiger partial charge in [0.2, 0.25) is 5.91 Å². The van der Waals surface area contributed by atoms with E-state index in [1.807, 2.05) is 12.1 Å². The molecule has 2 aliphatic rings. The molecule has 3 aromatic carbocycles. The van der Waals surface area contributed by atoms with Gasteiger partial charge in [0, 0.05) is 18.5 Å². The van der Waals surface area contributed by atoms with Crippen LogP contribution in [0.25, 0.3) is 6.08 Å². The molecule has 43 heavy (non-hydrogen) atoms. The third kappa shape index (κ3) is 6.64. The van der Waals surface area contributed by atoms with Crippen LogP contribution in [0.15, 0.2) is 72.8 Å². The molecule has 0 radical (unpaired) electrons. The van der Waals surface area contributed by atoms with Gasteiger partial charge in [-0.15, -0.1) is 0 Å². The van der Waals surface area contributed by atoms with E-state index < -0.39 is 47.7 Å². The maximum absolute atomic E-state index is 13.7. The van der Waals surface area contributed by atoms with Crippen molar-refractivity contribution in [1.29, 1.82) is 0 Å². The van der Waals surface area contributed by atoms with Gasteiger partial charge in [-0.2, -0.15) is 26.3 Å². The van der Waals surface area contributed by atoms with E-state index in [1.54, 1.807) is 0 Å². The summed E-state index contributed by atoms with van der Waals surface area (Å²) in [5.74, 6) is -1.55. The number of halogens is 7. The smallest absolute Gasteiger partial charge is 0.351 e. The Balaban J connectivity index is 1.29. The molecule has 1 saturated heterocycles. The zero-order valence-electron chi connectivity index (χ0n) is 23.4. The van der Waals surface area contributed by atoms with Gasteiger partial charge in [0.25, 0.3) is 0 Å². The van der Waals surface area contributed by atoms with Crippen molar-refractivity contribution in [2.24, 2.45) is 5.92 Å². The van der Waals surface area contributed by atoms with Gasteiger partial charge >= 0.3 is 12.4 Å². The molecule has 1 fully saturated rings. The fraction of sp³-hybridized carbons (Fsp3) is 0.364. The molecule has 1 aliphatic heterocycles. The van der Waals surface area contributed by atoms with Crippen LogP contribution in [-0.4, -0.2) is 30.4 Å². The van der Waals surface area contributed by atoms with Gasteiger partial charge in [-0.1, -0.05) is 55.5 Å². The molecule has 3 aromatic rings. The van der Waals surface area contributed by atoms with E-state index >= 15 is 0 Å². The Kier molecular flexibility index (Phi) is 8.44. The Bertz CT molecular complexity index is 1460. The van der Waals surface area contributed by atoms with Gasteiger partial charge in [-0.3, -0.25) is 4.79 Å². The van der Waals surface area contributed by atoms with Crippen LogP contribution in [0.2, 0.25) is 0 Å². The molecule has 228 valence electrons. The first-order valence-corrected chi connectivity index (χ1v) is 14.1. The summed E-state index contributed by atoms with van der Waals surface area (Å²) < 4.78 is 93.5. The monoisotopic (exact) mass is 604 g/mol. The summed E-state index contributed by atoms with van der Waals surface area (Å²) in [6, 6.07) is 15.0. The molecule has 1 amide bonds. The summed E-state index contributed by atoms with van der Waals surface area (Å²) in [5.41, 5.74) is -0.229. The zero-order valence-corrected chi connectivity index (χ0v) is 23.4. The number of piperidine rings is 1. The van der Waals surface area contributed by atoms with Crippen LogP contribution in [-0.2, 0) is 29.1 Å². The van der Waals surface area contributed by atoms with Crippen molar-refractivity contribution in [3.63, 3.8) is 0 Å². The molecule has 10 heteroatoms. The highest BCUT2D eigenvalue weighted by Crippen LogP contribution is 2.47. The van der Waals surface area contributed by atoms with Gasteiger partial charge < -0.3 is 10.2 Å². The van der Waals surface area contributed by atoms with Crippen LogP contribution in [0, 0.1) is 11.7 Å². The summed E-state index contributed by atoms with van der Waals surface area (Å²) in [7, 11) is 0. The average molecular weight is 605 g/mol. The first kappa shape index (κ1) is 30.8. The molecule has 0 aromatic heterocycles. The van der Waals surface area contributed by atoms with E-state index in [-0.39, 0.29) is 17.0 Å². The highest BCUT2D eigenvalue weighted by atomic mass is 19.4. The molecule has 3 nitrogen and oxygen atoms in total. The quantitative estimate of drug-likeness (QED) is 0.278. The number of alkyl halides is 6. The highest BCUT2D eigenvalue weighted by Gasteiger charge is 2.43. The van der Waals surface area contributed by atoms with Crippen molar-refractivity contribution in [1.82, 2.24) is 10.2 Å². The standard InChI is InChI=1S/C33H31F7N2O/c1-21-20-42(15-13-31(21)12-10-24-4-2-3-5-29(24)31)14-11-28(23-6-8-27(34)9-7-23)30(43)41-19-22-16-25(32(35,36)37)18-26(17-22)33(38,39)40/h2-10,12,16-18,21,28H,11,13-15,19-20H2,1H3,(H,41,43)/t21-,28+,31-/m1/s1. The Labute approximate surface area is 245 Å². The largest absolute Gasteiger partial charge is 0.416 e. The average Bonchev–Trinajstić information content (AvgIpc) is 3.33. The number of hydrogen-bond acceptors (Lipinski definition) is 2. The summed E-state index contributed by atoms with van der Waals surface area (Å²) in [5, 5.41) is 2.52. The second-order valence-electron chi connectivity index (χ2n) is 11.4. The molecular weight excluding hydrogens is 573 g/mol. The van der Waals surface area contributed by atoms with Gasteiger partial charge in [0.1, 0.15) is 5.82 Å². The van der Waals surface area contributed by atoms with Crippen LogP contribution in [0.3, 0.4) is 0 Å². The lowest BCUT2D eigenvalue weighted by atomic mass is 9.68. The number of allylic oxidation sites excluding steroid dienone is 1. The van der Waals surface area contributed by atoms with E-state index in [0.717, 1.165) is 19.5 Å². The van der Waals surface area contributed by atoms with Crippen LogP contribution in [0.4, 0.5) is 30.7 Å². The normalized spacial score (nSPS) is 21.2. The summed E-state index contributed by atoms with van der Waals surface area (Å²) in [6.07, 6.45) is -4.30. The minimum absolute atomic E-state index is 0.0519. The lowest BCUT2D eigenvalue weighted by Crippen LogP contribution is -2.48. The van der Waals surface area contributed by atoms with Crippen LogP contribution in [0.1, 0.15) is 59.1 Å². The molecule has 1 aliphatic carbocycles. The van der Waals surface area contributed by atoms with Crippen molar-refractivity contribution in [2.45, 2.75) is 50.0 Å². The van der Waals surface area contributed by atoms with Crippen molar-refractivity contribution < 1.29 is 35.5 Å². The predicted octanol–water partition coefficient (Wildman–Crippen LogP) is 7.96. The minimum atomic E-state index is -4.99. The third-order valence-corrected chi connectivity index (χ3v) is 8.71. The molecule has 1 heterocycles. The molecule has 0 unspecified atom stereocenters. The number of rotatable bonds is 7. The fourth-order valence-corrected chi connectivity index (χ4v) is 6.37. The van der Waals surface area contributed by atoms with Crippen LogP contribution >= 0.6 is 0 Å². The topological polar surface area (TPSA) is 32.3 Å². The van der Waals surface area contributed by atoms with E-state index in [9.17, 15) is 35.5 Å². The van der Waals surface area contributed by atoms with Crippen molar-refractivity contribution in [3.8, 4) is 0 Å². The van der Waals surface area contributed by atoms with Crippen LogP contribution < -0.4 is 5.32 Å². The predicted molar refractivity (Wildman–Crippen MR) is 149 cm³/mol. The summed E-state index contributed by atoms with van der Waals surface area (Å²) >= 11 is 0. The number of hydrogen-bond donors (Lipinski definition) is 1. The third-order valence-electron chi connectivity index (χ3n) is 8.71. The lowest BCUT2D eigenvalue weighted by Gasteiger charge is -2.44. The van der Waals surface area contributed by atoms with Gasteiger partial charge in [0.05, 0.1) is 17.0 Å². The highest BCUT2D eigenvalue weighted by molar-refractivity contribution is 5.83. The van der Waals surface area contributed by atoms with Gasteiger partial charge in [0.15, 0.2) is 0 Å². The number of amides is 1. The molecular formula is C33H31F7N2O. The van der Waals surface area contributed by atoms with Crippen LogP contribution in [0.5, 0.6) is 0 Å². The number of carbonyl (C=O) groups excluding carboxylic acids is 1. The number of nitrogens with zero attached hydrogens (tertiary/aromatic N) is 1. The van der Waals surface area contributed by atoms with Crippen molar-refractivity contribution in [3.05, 3.63) is 112 Å². The van der Waals surface area contributed by atoms with E-state index in [4.69, 9.17) is 0 Å². The van der Waals surface area contributed by atoms with E-state index in [2.05, 4.69) is 41.4 Å². The summed E-state index contributed by atoms with van der Waals surface area (Å²) in [4.78, 5) is 15.6. The number of likely N-dealkylation sites (tertiary alicyclic amines) is 1. The molecule has 0 bridgehead atoms. The van der Waals surface area contributed by atoms with E-state index in [1.165, 1.54) is 35.4 Å². The Morgan fingerprint density at radius 1 is 0.977 bits per heavy atom. The maximum Gasteiger partial charge on any atom is 0.416 e.